The maximum Gasteiger partial charge on any atom is 0.259 e. The summed E-state index contributed by atoms with van der Waals surface area (Å²) in [7, 11) is 1.83. The second-order valence-corrected chi connectivity index (χ2v) is 10.9. The molecule has 1 aliphatic heterocycles. The van der Waals surface area contributed by atoms with Crippen LogP contribution in [0.4, 0.5) is 5.69 Å². The minimum atomic E-state index is -2.72. The highest BCUT2D eigenvalue weighted by Crippen LogP contribution is 2.36. The van der Waals surface area contributed by atoms with Gasteiger partial charge < -0.3 is 10.4 Å². The van der Waals surface area contributed by atoms with Crippen molar-refractivity contribution in [2.45, 2.75) is 32.4 Å². The Morgan fingerprint density at radius 2 is 2.10 bits per heavy atom. The van der Waals surface area contributed by atoms with Gasteiger partial charge in [0.25, 0.3) is 5.56 Å². The first-order valence-corrected chi connectivity index (χ1v) is 13.7. The number of pyridine rings is 2. The number of anilines is 1. The molecule has 0 amide bonds. The van der Waals surface area contributed by atoms with Crippen molar-refractivity contribution in [3.05, 3.63) is 69.5 Å². The summed E-state index contributed by atoms with van der Waals surface area (Å²) in [5, 5.41) is 23.9. The fraction of sp³-hybridized carbons (Fsp3) is 0.379. The first-order valence-electron chi connectivity index (χ1n) is 14.8. The Balaban J connectivity index is 1.54. The molecule has 40 heavy (non-hydrogen) atoms. The molecule has 1 aromatic carbocycles. The quantitative estimate of drug-likeness (QED) is 0.288. The van der Waals surface area contributed by atoms with Gasteiger partial charge in [-0.1, -0.05) is 17.7 Å². The zero-order valence-electron chi connectivity index (χ0n) is 25.6. The fourth-order valence-electron chi connectivity index (χ4n) is 5.85. The van der Waals surface area contributed by atoms with Crippen LogP contribution in [0.15, 0.2) is 47.7 Å². The molecule has 0 bridgehead atoms. The Morgan fingerprint density at radius 3 is 2.85 bits per heavy atom. The van der Waals surface area contributed by atoms with Gasteiger partial charge in [-0.3, -0.25) is 18.9 Å². The number of rotatable bonds is 7. The predicted octanol–water partition coefficient (Wildman–Crippen LogP) is 4.06. The monoisotopic (exact) mass is 563 g/mol. The van der Waals surface area contributed by atoms with Crippen LogP contribution in [0.3, 0.4) is 0 Å². The van der Waals surface area contributed by atoms with Crippen molar-refractivity contribution in [1.29, 1.82) is 0 Å². The number of hydrogen-bond acceptors (Lipinski definition) is 7. The number of aliphatic hydroxyl groups excluding tert-OH is 1. The number of aryl methyl sites for hydroxylation is 3. The van der Waals surface area contributed by atoms with Crippen LogP contribution >= 0.6 is 11.6 Å². The zero-order valence-corrected chi connectivity index (χ0v) is 23.4. The minimum absolute atomic E-state index is 0.0381. The molecule has 5 aromatic rings. The second-order valence-electron chi connectivity index (χ2n) is 10.5. The minimum Gasteiger partial charge on any atom is -0.395 e. The highest BCUT2D eigenvalue weighted by molar-refractivity contribution is 6.29. The number of aromatic nitrogens is 6. The predicted molar refractivity (Wildman–Crippen MR) is 158 cm³/mol. The van der Waals surface area contributed by atoms with E-state index in [-0.39, 0.29) is 24.3 Å². The Labute approximate surface area is 241 Å². The van der Waals surface area contributed by atoms with Crippen LogP contribution in [-0.2, 0) is 14.0 Å². The smallest absolute Gasteiger partial charge is 0.259 e. The molecule has 208 valence electrons. The molecule has 6 rings (SSSR count). The standard InChI is InChI=1S/C29H33ClN8O2/c1-17-11-21(18(2)33-24-5-6-25(30)34-27(24)19-13-31-35(3)15-19)26-22(12-17)29(40)36(4)28-23(26)14-32-38(28)20-7-8-37(16-20)9-10-39/h5-6,11-15,18,20,33,39H,7-10,16H2,1-4H3/i4D3. The summed E-state index contributed by atoms with van der Waals surface area (Å²) in [5.41, 5.74) is 3.51. The SMILES string of the molecule is [2H]C([2H])([2H])n1c(=O)c2cc(C)cc(C(C)Nc3ccc(Cl)nc3-c3cnn(C)c3)c2c2cnn(C3CCN(CCO)C3)c21. The van der Waals surface area contributed by atoms with Crippen molar-refractivity contribution in [2.75, 3.05) is 31.6 Å². The van der Waals surface area contributed by atoms with Crippen molar-refractivity contribution in [1.82, 2.24) is 34.0 Å². The lowest BCUT2D eigenvalue weighted by Gasteiger charge is -2.21. The van der Waals surface area contributed by atoms with Gasteiger partial charge in [0.05, 0.1) is 36.4 Å². The fourth-order valence-corrected chi connectivity index (χ4v) is 5.99. The van der Waals surface area contributed by atoms with Crippen molar-refractivity contribution >= 4 is 39.1 Å². The molecule has 2 N–H and O–H groups in total. The molecule has 4 aromatic heterocycles. The lowest BCUT2D eigenvalue weighted by atomic mass is 9.95. The van der Waals surface area contributed by atoms with Gasteiger partial charge in [-0.05, 0) is 49.6 Å². The van der Waals surface area contributed by atoms with Gasteiger partial charge in [0.15, 0.2) is 0 Å². The van der Waals surface area contributed by atoms with E-state index in [0.717, 1.165) is 39.9 Å². The van der Waals surface area contributed by atoms with Gasteiger partial charge in [0, 0.05) is 71.7 Å². The summed E-state index contributed by atoms with van der Waals surface area (Å²) in [6, 6.07) is 6.88. The second kappa shape index (κ2) is 10.3. The molecular formula is C29H33ClN8O2. The molecule has 1 fully saturated rings. The summed E-state index contributed by atoms with van der Waals surface area (Å²) in [5.74, 6) is 0. The van der Waals surface area contributed by atoms with Gasteiger partial charge in [-0.15, -0.1) is 0 Å². The largest absolute Gasteiger partial charge is 0.395 e. The van der Waals surface area contributed by atoms with Crippen molar-refractivity contribution in [3.63, 3.8) is 0 Å². The molecule has 5 heterocycles. The maximum absolute atomic E-state index is 14.0. The average Bonchev–Trinajstić information content (AvgIpc) is 3.69. The summed E-state index contributed by atoms with van der Waals surface area (Å²) >= 11 is 6.27. The highest BCUT2D eigenvalue weighted by Gasteiger charge is 2.28. The molecule has 0 radical (unpaired) electrons. The molecule has 1 aliphatic rings. The molecule has 0 aliphatic carbocycles. The van der Waals surface area contributed by atoms with E-state index in [2.05, 4.69) is 25.4 Å². The molecule has 0 saturated carbocycles. The van der Waals surface area contributed by atoms with E-state index >= 15 is 0 Å². The summed E-state index contributed by atoms with van der Waals surface area (Å²) < 4.78 is 29.3. The van der Waals surface area contributed by atoms with Crippen LogP contribution in [0.5, 0.6) is 0 Å². The third kappa shape index (κ3) is 4.55. The third-order valence-corrected chi connectivity index (χ3v) is 7.90. The van der Waals surface area contributed by atoms with E-state index in [4.69, 9.17) is 15.7 Å². The van der Waals surface area contributed by atoms with Crippen molar-refractivity contribution in [3.8, 4) is 11.3 Å². The number of nitrogens with one attached hydrogen (secondary N) is 1. The Kier molecular flexibility index (Phi) is 5.96. The molecular weight excluding hydrogens is 528 g/mol. The first kappa shape index (κ1) is 23.0. The topological polar surface area (TPSA) is 106 Å². The van der Waals surface area contributed by atoms with Crippen LogP contribution in [-0.4, -0.2) is 65.4 Å². The van der Waals surface area contributed by atoms with E-state index in [1.54, 1.807) is 33.9 Å². The van der Waals surface area contributed by atoms with Crippen LogP contribution in [0.2, 0.25) is 5.15 Å². The summed E-state index contributed by atoms with van der Waals surface area (Å²) in [6.07, 6.45) is 5.97. The van der Waals surface area contributed by atoms with Crippen LogP contribution in [0.25, 0.3) is 33.1 Å². The van der Waals surface area contributed by atoms with E-state index in [1.807, 2.05) is 39.2 Å². The third-order valence-electron chi connectivity index (χ3n) is 7.68. The van der Waals surface area contributed by atoms with Gasteiger partial charge in [0.2, 0.25) is 0 Å². The highest BCUT2D eigenvalue weighted by atomic mass is 35.5. The van der Waals surface area contributed by atoms with Crippen LogP contribution in [0, 0.1) is 6.92 Å². The van der Waals surface area contributed by atoms with Crippen molar-refractivity contribution in [2.24, 2.45) is 14.0 Å². The van der Waals surface area contributed by atoms with Gasteiger partial charge >= 0.3 is 0 Å². The average molecular weight is 564 g/mol. The van der Waals surface area contributed by atoms with Gasteiger partial charge in [0.1, 0.15) is 10.8 Å². The number of benzene rings is 1. The Morgan fingerprint density at radius 1 is 1.25 bits per heavy atom. The summed E-state index contributed by atoms with van der Waals surface area (Å²) in [6.45, 7) is 3.08. The molecule has 2 atom stereocenters. The molecule has 2 unspecified atom stereocenters. The number of halogens is 1. The first-order chi connectivity index (χ1) is 20.5. The lowest BCUT2D eigenvalue weighted by molar-refractivity contribution is 0.217. The molecule has 10 nitrogen and oxygen atoms in total. The van der Waals surface area contributed by atoms with Gasteiger partial charge in [-0.2, -0.15) is 10.2 Å². The lowest BCUT2D eigenvalue weighted by Crippen LogP contribution is -2.26. The number of hydrogen-bond donors (Lipinski definition) is 2. The normalized spacial score (nSPS) is 18.2. The zero-order chi connectivity index (χ0) is 30.6. The Hall–Kier alpha value is -3.73. The molecule has 1 saturated heterocycles. The number of likely N-dealkylation sites (tertiary alicyclic amines) is 1. The van der Waals surface area contributed by atoms with Crippen LogP contribution < -0.4 is 10.9 Å². The summed E-state index contributed by atoms with van der Waals surface area (Å²) in [4.78, 5) is 20.7. The van der Waals surface area contributed by atoms with E-state index in [0.29, 0.717) is 40.1 Å². The van der Waals surface area contributed by atoms with E-state index in [9.17, 15) is 9.90 Å². The van der Waals surface area contributed by atoms with E-state index in [1.165, 1.54) is 0 Å². The number of β-amino-alcohol motifs (C(OH)–C–C–N with tert-alkyl or cyclic N) is 1. The number of nitrogens with zero attached hydrogens (tertiary/aromatic N) is 7. The maximum atomic E-state index is 14.0. The van der Waals surface area contributed by atoms with Crippen LogP contribution in [0.1, 0.15) is 40.7 Å². The molecule has 11 heteroatoms. The number of fused-ring (bicyclic) bond motifs is 3. The molecule has 0 spiro atoms. The van der Waals surface area contributed by atoms with Crippen molar-refractivity contribution < 1.29 is 9.22 Å². The Bertz CT molecular complexity index is 1900. The van der Waals surface area contributed by atoms with Gasteiger partial charge in [-0.25, -0.2) is 9.67 Å². The van der Waals surface area contributed by atoms with E-state index < -0.39 is 12.5 Å². The number of aliphatic hydroxyl groups is 1.